The van der Waals surface area contributed by atoms with E-state index in [0.717, 1.165) is 65.5 Å². The molecule has 2 aromatic heterocycles. The number of hydrogen-bond acceptors (Lipinski definition) is 6. The van der Waals surface area contributed by atoms with E-state index >= 15 is 0 Å². The largest absolute Gasteiger partial charge is 0.497 e. The molecule has 0 bridgehead atoms. The van der Waals surface area contributed by atoms with Crippen LogP contribution in [0.25, 0.3) is 21.3 Å². The minimum atomic E-state index is 0.308. The van der Waals surface area contributed by atoms with Gasteiger partial charge in [-0.25, -0.2) is 4.98 Å². The summed E-state index contributed by atoms with van der Waals surface area (Å²) in [4.78, 5) is 12.3. The van der Waals surface area contributed by atoms with Gasteiger partial charge in [0.1, 0.15) is 16.4 Å². The van der Waals surface area contributed by atoms with Crippen molar-refractivity contribution in [2.75, 3.05) is 38.2 Å². The van der Waals surface area contributed by atoms with Gasteiger partial charge < -0.3 is 15.0 Å². The summed E-state index contributed by atoms with van der Waals surface area (Å²) in [6.45, 7) is 3.87. The number of anilines is 1. The SMILES string of the molecule is COc1ccc(-c2csc3nc(Cl)nc(N4CCCNCC4)c23)cc1. The minimum Gasteiger partial charge on any atom is -0.497 e. The fourth-order valence-electron chi connectivity index (χ4n) is 3.17. The average Bonchev–Trinajstić information content (AvgIpc) is 2.87. The number of hydrogen-bond donors (Lipinski definition) is 1. The minimum absolute atomic E-state index is 0.308. The Kier molecular flexibility index (Phi) is 4.74. The summed E-state index contributed by atoms with van der Waals surface area (Å²) in [5.74, 6) is 1.78. The molecule has 0 spiro atoms. The fourth-order valence-corrected chi connectivity index (χ4v) is 4.32. The third-order valence-electron chi connectivity index (χ3n) is 4.43. The van der Waals surface area contributed by atoms with E-state index < -0.39 is 0 Å². The van der Waals surface area contributed by atoms with E-state index in [1.807, 2.05) is 12.1 Å². The molecule has 1 N–H and O–H groups in total. The van der Waals surface area contributed by atoms with E-state index in [9.17, 15) is 0 Å². The van der Waals surface area contributed by atoms with Crippen LogP contribution in [0, 0.1) is 0 Å². The normalized spacial score (nSPS) is 15.4. The summed E-state index contributed by atoms with van der Waals surface area (Å²) in [5.41, 5.74) is 2.28. The Morgan fingerprint density at radius 2 is 2.00 bits per heavy atom. The number of halogens is 1. The Bertz CT molecular complexity index is 873. The second kappa shape index (κ2) is 7.15. The molecule has 1 aliphatic heterocycles. The molecular weight excluding hydrogens is 356 g/mol. The van der Waals surface area contributed by atoms with E-state index in [0.29, 0.717) is 5.28 Å². The van der Waals surface area contributed by atoms with Crippen molar-refractivity contribution in [3.05, 3.63) is 34.9 Å². The monoisotopic (exact) mass is 374 g/mol. The van der Waals surface area contributed by atoms with Gasteiger partial charge in [-0.3, -0.25) is 0 Å². The van der Waals surface area contributed by atoms with Crippen molar-refractivity contribution in [2.24, 2.45) is 0 Å². The van der Waals surface area contributed by atoms with Gasteiger partial charge in [0, 0.05) is 30.6 Å². The number of benzene rings is 1. The third kappa shape index (κ3) is 3.29. The highest BCUT2D eigenvalue weighted by atomic mass is 35.5. The van der Waals surface area contributed by atoms with Gasteiger partial charge in [0.05, 0.1) is 12.5 Å². The Labute approximate surface area is 155 Å². The van der Waals surface area contributed by atoms with Crippen LogP contribution in [-0.4, -0.2) is 43.3 Å². The Morgan fingerprint density at radius 1 is 1.16 bits per heavy atom. The molecule has 0 radical (unpaired) electrons. The number of nitrogens with zero attached hydrogens (tertiary/aromatic N) is 3. The van der Waals surface area contributed by atoms with Crippen molar-refractivity contribution >= 4 is 39.0 Å². The lowest BCUT2D eigenvalue weighted by Crippen LogP contribution is -2.28. The van der Waals surface area contributed by atoms with E-state index in [1.165, 1.54) is 0 Å². The van der Waals surface area contributed by atoms with E-state index in [4.69, 9.17) is 16.3 Å². The first kappa shape index (κ1) is 16.6. The Morgan fingerprint density at radius 3 is 2.80 bits per heavy atom. The molecular formula is C18H19ClN4OS. The summed E-state index contributed by atoms with van der Waals surface area (Å²) in [5, 5.41) is 6.96. The maximum absolute atomic E-state index is 6.20. The quantitative estimate of drug-likeness (QED) is 0.706. The van der Waals surface area contributed by atoms with Crippen LogP contribution in [0.3, 0.4) is 0 Å². The summed E-state index contributed by atoms with van der Waals surface area (Å²) in [6.07, 6.45) is 1.09. The molecule has 5 nitrogen and oxygen atoms in total. The highest BCUT2D eigenvalue weighted by Crippen LogP contribution is 2.39. The molecule has 1 fully saturated rings. The Balaban J connectivity index is 1.85. The number of aromatic nitrogens is 2. The molecule has 0 saturated carbocycles. The fraction of sp³-hybridized carbons (Fsp3) is 0.333. The van der Waals surface area contributed by atoms with Gasteiger partial charge in [-0.2, -0.15) is 4.98 Å². The van der Waals surface area contributed by atoms with E-state index in [1.54, 1.807) is 18.4 Å². The van der Waals surface area contributed by atoms with Crippen molar-refractivity contribution in [3.63, 3.8) is 0 Å². The topological polar surface area (TPSA) is 50.3 Å². The van der Waals surface area contributed by atoms with Crippen LogP contribution in [0.1, 0.15) is 6.42 Å². The molecule has 1 aromatic carbocycles. The van der Waals surface area contributed by atoms with Crippen molar-refractivity contribution < 1.29 is 4.74 Å². The predicted molar refractivity (Wildman–Crippen MR) is 104 cm³/mol. The van der Waals surface area contributed by atoms with Gasteiger partial charge in [-0.15, -0.1) is 11.3 Å². The highest BCUT2D eigenvalue weighted by Gasteiger charge is 2.20. The zero-order valence-electron chi connectivity index (χ0n) is 14.0. The number of nitrogens with one attached hydrogen (secondary N) is 1. The molecule has 0 atom stereocenters. The number of fused-ring (bicyclic) bond motifs is 1. The van der Waals surface area contributed by atoms with Crippen molar-refractivity contribution in [1.82, 2.24) is 15.3 Å². The van der Waals surface area contributed by atoms with Crippen LogP contribution < -0.4 is 15.0 Å². The van der Waals surface area contributed by atoms with Gasteiger partial charge in [-0.05, 0) is 42.3 Å². The maximum atomic E-state index is 6.20. The first-order chi connectivity index (χ1) is 12.3. The van der Waals surface area contributed by atoms with Crippen LogP contribution in [0.15, 0.2) is 29.6 Å². The third-order valence-corrected chi connectivity index (χ3v) is 5.47. The molecule has 0 amide bonds. The first-order valence-electron chi connectivity index (χ1n) is 8.31. The lowest BCUT2D eigenvalue weighted by molar-refractivity contribution is 0.415. The number of rotatable bonds is 3. The van der Waals surface area contributed by atoms with E-state index in [2.05, 4.69) is 37.7 Å². The Hall–Kier alpha value is -1.89. The summed E-state index contributed by atoms with van der Waals surface area (Å²) < 4.78 is 5.27. The molecule has 0 unspecified atom stereocenters. The van der Waals surface area contributed by atoms with Gasteiger partial charge in [0.25, 0.3) is 0 Å². The summed E-state index contributed by atoms with van der Waals surface area (Å²) >= 11 is 7.81. The molecule has 1 aliphatic rings. The first-order valence-corrected chi connectivity index (χ1v) is 9.57. The van der Waals surface area contributed by atoms with Crippen LogP contribution in [-0.2, 0) is 0 Å². The van der Waals surface area contributed by atoms with Gasteiger partial charge in [0.2, 0.25) is 5.28 Å². The predicted octanol–water partition coefficient (Wildman–Crippen LogP) is 3.82. The van der Waals surface area contributed by atoms with E-state index in [-0.39, 0.29) is 0 Å². The van der Waals surface area contributed by atoms with Crippen LogP contribution in [0.2, 0.25) is 5.28 Å². The number of ether oxygens (including phenoxy) is 1. The molecule has 7 heteroatoms. The van der Waals surface area contributed by atoms with Crippen molar-refractivity contribution in [3.8, 4) is 16.9 Å². The number of thiophene rings is 1. The zero-order valence-corrected chi connectivity index (χ0v) is 15.5. The molecule has 3 aromatic rings. The zero-order chi connectivity index (χ0) is 17.2. The lowest BCUT2D eigenvalue weighted by Gasteiger charge is -2.22. The van der Waals surface area contributed by atoms with Crippen molar-refractivity contribution in [2.45, 2.75) is 6.42 Å². The molecule has 25 heavy (non-hydrogen) atoms. The average molecular weight is 375 g/mol. The second-order valence-corrected chi connectivity index (χ2v) is 7.16. The molecule has 3 heterocycles. The molecule has 1 saturated heterocycles. The summed E-state index contributed by atoms with van der Waals surface area (Å²) in [6, 6.07) is 8.10. The highest BCUT2D eigenvalue weighted by molar-refractivity contribution is 7.17. The maximum Gasteiger partial charge on any atom is 0.225 e. The summed E-state index contributed by atoms with van der Waals surface area (Å²) in [7, 11) is 1.68. The number of methoxy groups -OCH3 is 1. The van der Waals surface area contributed by atoms with Gasteiger partial charge in [-0.1, -0.05) is 12.1 Å². The van der Waals surface area contributed by atoms with Gasteiger partial charge in [0.15, 0.2) is 0 Å². The molecule has 130 valence electrons. The van der Waals surface area contributed by atoms with Crippen molar-refractivity contribution in [1.29, 1.82) is 0 Å². The van der Waals surface area contributed by atoms with Crippen LogP contribution in [0.4, 0.5) is 5.82 Å². The smallest absolute Gasteiger partial charge is 0.225 e. The second-order valence-electron chi connectivity index (χ2n) is 5.96. The van der Waals surface area contributed by atoms with Crippen LogP contribution >= 0.6 is 22.9 Å². The van der Waals surface area contributed by atoms with Crippen LogP contribution in [0.5, 0.6) is 5.75 Å². The molecule has 4 rings (SSSR count). The standard InChI is InChI=1S/C18H19ClN4OS/c1-24-13-5-3-12(4-6-13)14-11-25-17-15(14)16(21-18(19)22-17)23-9-2-7-20-8-10-23/h3-6,11,20H,2,7-10H2,1H3. The molecule has 0 aliphatic carbocycles. The van der Waals surface area contributed by atoms with Gasteiger partial charge >= 0.3 is 0 Å². The lowest BCUT2D eigenvalue weighted by atomic mass is 10.1.